The van der Waals surface area contributed by atoms with E-state index in [4.69, 9.17) is 0 Å². The zero-order valence-electron chi connectivity index (χ0n) is 19.7. The van der Waals surface area contributed by atoms with Gasteiger partial charge in [0.05, 0.1) is 11.4 Å². The van der Waals surface area contributed by atoms with E-state index >= 15 is 0 Å². The van der Waals surface area contributed by atoms with Crippen LogP contribution in [0.4, 0.5) is 5.69 Å². The molecule has 2 aromatic carbocycles. The van der Waals surface area contributed by atoms with E-state index in [-0.39, 0.29) is 17.6 Å². The van der Waals surface area contributed by atoms with Crippen molar-refractivity contribution in [2.75, 3.05) is 43.4 Å². The van der Waals surface area contributed by atoms with Gasteiger partial charge >= 0.3 is 0 Å². The van der Waals surface area contributed by atoms with Gasteiger partial charge in [0.1, 0.15) is 0 Å². The van der Waals surface area contributed by atoms with Crippen LogP contribution >= 0.6 is 11.8 Å². The number of imidazole rings is 1. The van der Waals surface area contributed by atoms with Gasteiger partial charge in [0.2, 0.25) is 11.8 Å². The van der Waals surface area contributed by atoms with Crippen molar-refractivity contribution in [1.82, 2.24) is 19.8 Å². The highest BCUT2D eigenvalue weighted by molar-refractivity contribution is 7.99. The number of thioether (sulfide) groups is 1. The molecule has 3 aromatic rings. The molecule has 1 saturated heterocycles. The zero-order valence-corrected chi connectivity index (χ0v) is 20.6. The lowest BCUT2D eigenvalue weighted by Gasteiger charge is -2.36. The number of benzene rings is 2. The SMILES string of the molecule is Cc1cccc(-n2ccnc2SCC(=O)NCCC(=O)N2CCN(c3ccccc3)CC2)c1C. The van der Waals surface area contributed by atoms with E-state index in [1.54, 1.807) is 6.20 Å². The molecule has 2 amide bonds. The Morgan fingerprint density at radius 2 is 1.76 bits per heavy atom. The molecule has 34 heavy (non-hydrogen) atoms. The molecule has 2 heterocycles. The summed E-state index contributed by atoms with van der Waals surface area (Å²) < 4.78 is 2.01. The van der Waals surface area contributed by atoms with E-state index in [1.165, 1.54) is 28.6 Å². The van der Waals surface area contributed by atoms with Crippen molar-refractivity contribution in [2.24, 2.45) is 0 Å². The van der Waals surface area contributed by atoms with Crippen LogP contribution in [0.3, 0.4) is 0 Å². The van der Waals surface area contributed by atoms with Crippen LogP contribution in [0.5, 0.6) is 0 Å². The smallest absolute Gasteiger partial charge is 0.230 e. The maximum atomic E-state index is 12.6. The van der Waals surface area contributed by atoms with Gasteiger partial charge in [-0.15, -0.1) is 0 Å². The minimum Gasteiger partial charge on any atom is -0.368 e. The van der Waals surface area contributed by atoms with E-state index in [2.05, 4.69) is 53.3 Å². The largest absolute Gasteiger partial charge is 0.368 e. The van der Waals surface area contributed by atoms with Crippen molar-refractivity contribution in [1.29, 1.82) is 0 Å². The summed E-state index contributed by atoms with van der Waals surface area (Å²) in [5, 5.41) is 3.65. The van der Waals surface area contributed by atoms with Gasteiger partial charge in [0, 0.05) is 57.2 Å². The highest BCUT2D eigenvalue weighted by atomic mass is 32.2. The lowest BCUT2D eigenvalue weighted by atomic mass is 10.1. The second kappa shape index (κ2) is 11.2. The average molecular weight is 478 g/mol. The Kier molecular flexibility index (Phi) is 7.90. The second-order valence-electron chi connectivity index (χ2n) is 8.39. The molecule has 0 atom stereocenters. The Labute approximate surface area is 205 Å². The molecule has 0 aliphatic carbocycles. The number of nitrogens with one attached hydrogen (secondary N) is 1. The number of anilines is 1. The molecular weight excluding hydrogens is 446 g/mol. The second-order valence-corrected chi connectivity index (χ2v) is 9.33. The minimum atomic E-state index is -0.0952. The monoisotopic (exact) mass is 477 g/mol. The molecule has 1 fully saturated rings. The number of rotatable bonds is 8. The van der Waals surface area contributed by atoms with Crippen LogP contribution < -0.4 is 10.2 Å². The summed E-state index contributed by atoms with van der Waals surface area (Å²) in [7, 11) is 0. The van der Waals surface area contributed by atoms with Crippen LogP contribution in [0.1, 0.15) is 17.5 Å². The lowest BCUT2D eigenvalue weighted by molar-refractivity contribution is -0.131. The van der Waals surface area contributed by atoms with Gasteiger partial charge in [-0.25, -0.2) is 4.98 Å². The van der Waals surface area contributed by atoms with Gasteiger partial charge in [0.15, 0.2) is 5.16 Å². The number of para-hydroxylation sites is 1. The fourth-order valence-corrected chi connectivity index (χ4v) is 4.87. The summed E-state index contributed by atoms with van der Waals surface area (Å²) in [6.45, 7) is 7.59. The highest BCUT2D eigenvalue weighted by Crippen LogP contribution is 2.24. The molecule has 178 valence electrons. The number of aryl methyl sites for hydroxylation is 1. The molecule has 1 aromatic heterocycles. The van der Waals surface area contributed by atoms with Gasteiger partial charge in [-0.1, -0.05) is 42.1 Å². The molecule has 0 radical (unpaired) electrons. The van der Waals surface area contributed by atoms with E-state index in [9.17, 15) is 9.59 Å². The van der Waals surface area contributed by atoms with Crippen LogP contribution in [0.2, 0.25) is 0 Å². The molecule has 8 heteroatoms. The fraction of sp³-hybridized carbons (Fsp3) is 0.346. The molecule has 1 aliphatic heterocycles. The summed E-state index contributed by atoms with van der Waals surface area (Å²) in [6, 6.07) is 16.4. The van der Waals surface area contributed by atoms with Gasteiger partial charge < -0.3 is 15.1 Å². The van der Waals surface area contributed by atoms with E-state index in [0.29, 0.717) is 26.1 Å². The predicted octanol–water partition coefficient (Wildman–Crippen LogP) is 3.44. The standard InChI is InChI=1S/C26H31N5O2S/c1-20-7-6-10-23(21(20)2)31-14-13-28-26(31)34-19-24(32)27-12-11-25(33)30-17-15-29(16-18-30)22-8-4-3-5-9-22/h3-10,13-14H,11-12,15-19H2,1-2H3,(H,27,32). The Morgan fingerprint density at radius 1 is 1.00 bits per heavy atom. The first-order valence-electron chi connectivity index (χ1n) is 11.6. The van der Waals surface area contributed by atoms with Crippen LogP contribution in [0.25, 0.3) is 5.69 Å². The molecule has 0 unspecified atom stereocenters. The Balaban J connectivity index is 1.19. The molecule has 1 aliphatic rings. The molecule has 4 rings (SSSR count). The van der Waals surface area contributed by atoms with Crippen LogP contribution in [0.15, 0.2) is 66.1 Å². The van der Waals surface area contributed by atoms with Gasteiger partial charge in [-0.05, 0) is 43.2 Å². The minimum absolute atomic E-state index is 0.0890. The number of hydrogen-bond donors (Lipinski definition) is 1. The first-order chi connectivity index (χ1) is 16.5. The third-order valence-corrected chi connectivity index (χ3v) is 7.16. The number of amides is 2. The lowest BCUT2D eigenvalue weighted by Crippen LogP contribution is -2.49. The van der Waals surface area contributed by atoms with Crippen molar-refractivity contribution < 1.29 is 9.59 Å². The van der Waals surface area contributed by atoms with E-state index < -0.39 is 0 Å². The van der Waals surface area contributed by atoms with Crippen LogP contribution in [-0.4, -0.2) is 64.7 Å². The van der Waals surface area contributed by atoms with Crippen molar-refractivity contribution in [3.8, 4) is 5.69 Å². The van der Waals surface area contributed by atoms with E-state index in [1.807, 2.05) is 39.9 Å². The van der Waals surface area contributed by atoms with Crippen LogP contribution in [-0.2, 0) is 9.59 Å². The Bertz CT molecular complexity index is 1120. The predicted molar refractivity (Wildman–Crippen MR) is 137 cm³/mol. The number of carbonyl (C=O) groups is 2. The van der Waals surface area contributed by atoms with Crippen molar-refractivity contribution in [3.05, 3.63) is 72.1 Å². The van der Waals surface area contributed by atoms with Crippen LogP contribution in [0, 0.1) is 13.8 Å². The maximum absolute atomic E-state index is 12.6. The first-order valence-corrected chi connectivity index (χ1v) is 12.6. The molecule has 1 N–H and O–H groups in total. The van der Waals surface area contributed by atoms with E-state index in [0.717, 1.165) is 23.9 Å². The van der Waals surface area contributed by atoms with Gasteiger partial charge in [-0.3, -0.25) is 14.2 Å². The number of piperazine rings is 1. The van der Waals surface area contributed by atoms with Crippen molar-refractivity contribution >= 4 is 29.3 Å². The van der Waals surface area contributed by atoms with Crippen molar-refractivity contribution in [3.63, 3.8) is 0 Å². The zero-order chi connectivity index (χ0) is 23.9. The normalized spacial score (nSPS) is 13.7. The molecular formula is C26H31N5O2S. The maximum Gasteiger partial charge on any atom is 0.230 e. The molecule has 7 nitrogen and oxygen atoms in total. The summed E-state index contributed by atoms with van der Waals surface area (Å²) in [4.78, 5) is 33.5. The summed E-state index contributed by atoms with van der Waals surface area (Å²) in [5.74, 6) is 0.250. The number of hydrogen-bond acceptors (Lipinski definition) is 5. The van der Waals surface area contributed by atoms with Gasteiger partial charge in [-0.2, -0.15) is 0 Å². The fourth-order valence-electron chi connectivity index (χ4n) is 4.08. The van der Waals surface area contributed by atoms with Gasteiger partial charge in [0.25, 0.3) is 0 Å². The number of nitrogens with zero attached hydrogens (tertiary/aromatic N) is 4. The van der Waals surface area contributed by atoms with Crippen molar-refractivity contribution in [2.45, 2.75) is 25.4 Å². The molecule has 0 bridgehead atoms. The topological polar surface area (TPSA) is 70.5 Å². The quantitative estimate of drug-likeness (QED) is 0.504. The average Bonchev–Trinajstić information content (AvgIpc) is 3.33. The Hall–Kier alpha value is -3.26. The first kappa shape index (κ1) is 23.9. The summed E-state index contributed by atoms with van der Waals surface area (Å²) >= 11 is 1.40. The number of carbonyl (C=O) groups excluding carboxylic acids is 2. The highest BCUT2D eigenvalue weighted by Gasteiger charge is 2.21. The number of aromatic nitrogens is 2. The summed E-state index contributed by atoms with van der Waals surface area (Å²) in [6.07, 6.45) is 3.98. The Morgan fingerprint density at radius 3 is 2.53 bits per heavy atom. The molecule has 0 spiro atoms. The molecule has 0 saturated carbocycles. The third-order valence-electron chi connectivity index (χ3n) is 6.19. The third kappa shape index (κ3) is 5.80. The summed E-state index contributed by atoms with van der Waals surface area (Å²) in [5.41, 5.74) is 4.66.